The smallest absolute Gasteiger partial charge is 0.125 e. The molecule has 0 aromatic heterocycles. The predicted molar refractivity (Wildman–Crippen MR) is 72.3 cm³/mol. The van der Waals surface area contributed by atoms with E-state index in [0.717, 1.165) is 12.8 Å². The maximum atomic E-state index is 13.4. The van der Waals surface area contributed by atoms with Crippen LogP contribution in [-0.4, -0.2) is 37.6 Å². The second kappa shape index (κ2) is 7.57. The Morgan fingerprint density at radius 1 is 1.40 bits per heavy atom. The molecular weight excluding hydrogens is 263 g/mol. The first-order valence-corrected chi connectivity index (χ1v) is 7.01. The van der Waals surface area contributed by atoms with Crippen LogP contribution in [0.5, 0.6) is 5.75 Å². The van der Waals surface area contributed by atoms with Gasteiger partial charge in [0.1, 0.15) is 17.7 Å². The lowest BCUT2D eigenvalue weighted by atomic mass is 10.1. The highest BCUT2D eigenvalue weighted by molar-refractivity contribution is 5.36. The van der Waals surface area contributed by atoms with E-state index in [0.29, 0.717) is 31.1 Å². The summed E-state index contributed by atoms with van der Waals surface area (Å²) in [6, 6.07) is 4.28. The molecule has 1 aromatic rings. The second-order valence-electron chi connectivity index (χ2n) is 4.73. The van der Waals surface area contributed by atoms with Crippen LogP contribution in [0.3, 0.4) is 0 Å². The summed E-state index contributed by atoms with van der Waals surface area (Å²) in [6.45, 7) is 3.45. The van der Waals surface area contributed by atoms with E-state index in [1.807, 2.05) is 6.92 Å². The molecule has 1 fully saturated rings. The van der Waals surface area contributed by atoms with Crippen molar-refractivity contribution >= 4 is 0 Å². The van der Waals surface area contributed by atoms with Crippen LogP contribution in [0, 0.1) is 5.82 Å². The molecule has 0 spiro atoms. The van der Waals surface area contributed by atoms with E-state index in [2.05, 4.69) is 0 Å². The summed E-state index contributed by atoms with van der Waals surface area (Å²) in [5, 5.41) is 9.56. The van der Waals surface area contributed by atoms with Crippen molar-refractivity contribution in [2.45, 2.75) is 32.0 Å². The largest absolute Gasteiger partial charge is 0.493 e. The Labute approximate surface area is 118 Å². The zero-order chi connectivity index (χ0) is 14.4. The normalized spacial score (nSPS) is 17.9. The van der Waals surface area contributed by atoms with Gasteiger partial charge in [-0.1, -0.05) is 0 Å². The number of ether oxygens (including phenoxy) is 3. The number of halogens is 1. The van der Waals surface area contributed by atoms with Crippen molar-refractivity contribution in [3.63, 3.8) is 0 Å². The summed E-state index contributed by atoms with van der Waals surface area (Å²) in [6.07, 6.45) is 1.03. The van der Waals surface area contributed by atoms with Gasteiger partial charge in [-0.2, -0.15) is 0 Å². The molecule has 0 aliphatic carbocycles. The highest BCUT2D eigenvalue weighted by Gasteiger charge is 2.23. The van der Waals surface area contributed by atoms with Crippen molar-refractivity contribution in [3.05, 3.63) is 29.6 Å². The average Bonchev–Trinajstić information content (AvgIpc) is 2.48. The zero-order valence-electron chi connectivity index (χ0n) is 11.7. The topological polar surface area (TPSA) is 47.9 Å². The van der Waals surface area contributed by atoms with Crippen molar-refractivity contribution in [1.82, 2.24) is 0 Å². The van der Waals surface area contributed by atoms with Crippen LogP contribution in [-0.2, 0) is 9.47 Å². The molecule has 0 saturated carbocycles. The van der Waals surface area contributed by atoms with Gasteiger partial charge in [0, 0.05) is 18.8 Å². The number of aliphatic hydroxyl groups excluding tert-OH is 1. The van der Waals surface area contributed by atoms with Gasteiger partial charge >= 0.3 is 0 Å². The van der Waals surface area contributed by atoms with Crippen molar-refractivity contribution in [3.8, 4) is 5.75 Å². The van der Waals surface area contributed by atoms with Crippen LogP contribution in [0.15, 0.2) is 18.2 Å². The summed E-state index contributed by atoms with van der Waals surface area (Å²) in [7, 11) is 0. The standard InChI is InChI=1S/C15H21FO4/c1-2-19-14-4-3-11(16)9-13(14)15(10-17)20-12-5-7-18-8-6-12/h3-4,9,12,15,17H,2,5-8,10H2,1H3. The summed E-state index contributed by atoms with van der Waals surface area (Å²) in [5.41, 5.74) is 0.556. The first-order chi connectivity index (χ1) is 9.74. The van der Waals surface area contributed by atoms with Gasteiger partial charge in [0.05, 0.1) is 19.3 Å². The first-order valence-electron chi connectivity index (χ1n) is 7.01. The lowest BCUT2D eigenvalue weighted by molar-refractivity contribution is -0.0855. The Morgan fingerprint density at radius 2 is 2.15 bits per heavy atom. The Balaban J connectivity index is 2.14. The molecule has 1 N–H and O–H groups in total. The van der Waals surface area contributed by atoms with E-state index in [-0.39, 0.29) is 18.5 Å². The maximum Gasteiger partial charge on any atom is 0.125 e. The molecule has 0 amide bonds. The average molecular weight is 284 g/mol. The molecule has 5 heteroatoms. The molecule has 1 unspecified atom stereocenters. The van der Waals surface area contributed by atoms with Gasteiger partial charge in [0.25, 0.3) is 0 Å². The minimum atomic E-state index is -0.574. The van der Waals surface area contributed by atoms with Gasteiger partial charge in [-0.15, -0.1) is 0 Å². The molecule has 1 aliphatic rings. The molecule has 112 valence electrons. The monoisotopic (exact) mass is 284 g/mol. The Kier molecular flexibility index (Phi) is 5.76. The fourth-order valence-corrected chi connectivity index (χ4v) is 2.32. The number of aliphatic hydroxyl groups is 1. The second-order valence-corrected chi connectivity index (χ2v) is 4.73. The van der Waals surface area contributed by atoms with Crippen LogP contribution in [0.1, 0.15) is 31.4 Å². The summed E-state index contributed by atoms with van der Waals surface area (Å²) < 4.78 is 30.1. The SMILES string of the molecule is CCOc1ccc(F)cc1C(CO)OC1CCOCC1. The predicted octanol–water partition coefficient (Wildman–Crippen LogP) is 2.45. The summed E-state index contributed by atoms with van der Waals surface area (Å²) >= 11 is 0. The van der Waals surface area contributed by atoms with Crippen LogP contribution in [0.2, 0.25) is 0 Å². The van der Waals surface area contributed by atoms with Crippen molar-refractivity contribution < 1.29 is 23.7 Å². The molecule has 20 heavy (non-hydrogen) atoms. The van der Waals surface area contributed by atoms with E-state index < -0.39 is 6.10 Å². The fraction of sp³-hybridized carbons (Fsp3) is 0.600. The first kappa shape index (κ1) is 15.2. The van der Waals surface area contributed by atoms with Crippen LogP contribution < -0.4 is 4.74 Å². The lowest BCUT2D eigenvalue weighted by Gasteiger charge is -2.28. The number of hydrogen-bond acceptors (Lipinski definition) is 4. The van der Waals surface area contributed by atoms with E-state index in [9.17, 15) is 9.50 Å². The number of rotatable bonds is 6. The molecule has 1 saturated heterocycles. The third-order valence-electron chi connectivity index (χ3n) is 3.31. The minimum absolute atomic E-state index is 0.0265. The molecular formula is C15H21FO4. The highest BCUT2D eigenvalue weighted by atomic mass is 19.1. The van der Waals surface area contributed by atoms with E-state index >= 15 is 0 Å². The highest BCUT2D eigenvalue weighted by Crippen LogP contribution is 2.31. The quantitative estimate of drug-likeness (QED) is 0.871. The number of hydrogen-bond donors (Lipinski definition) is 1. The van der Waals surface area contributed by atoms with Gasteiger partial charge in [-0.25, -0.2) is 4.39 Å². The summed E-state index contributed by atoms with van der Waals surface area (Å²) in [5.74, 6) is 0.192. The fourth-order valence-electron chi connectivity index (χ4n) is 2.32. The van der Waals surface area contributed by atoms with Crippen molar-refractivity contribution in [2.75, 3.05) is 26.4 Å². The third kappa shape index (κ3) is 3.91. The Hall–Kier alpha value is -1.17. The molecule has 1 aliphatic heterocycles. The van der Waals surface area contributed by atoms with Gasteiger partial charge in [0.2, 0.25) is 0 Å². The molecule has 4 nitrogen and oxygen atoms in total. The van der Waals surface area contributed by atoms with Crippen LogP contribution in [0.25, 0.3) is 0 Å². The maximum absolute atomic E-state index is 13.4. The third-order valence-corrected chi connectivity index (χ3v) is 3.31. The van der Waals surface area contributed by atoms with Crippen molar-refractivity contribution in [2.24, 2.45) is 0 Å². The van der Waals surface area contributed by atoms with Gasteiger partial charge in [-0.05, 0) is 38.0 Å². The van der Waals surface area contributed by atoms with E-state index in [1.165, 1.54) is 12.1 Å². The van der Waals surface area contributed by atoms with Crippen LogP contribution in [0.4, 0.5) is 4.39 Å². The minimum Gasteiger partial charge on any atom is -0.493 e. The van der Waals surface area contributed by atoms with Gasteiger partial charge < -0.3 is 19.3 Å². The Morgan fingerprint density at radius 3 is 2.80 bits per heavy atom. The summed E-state index contributed by atoms with van der Waals surface area (Å²) in [4.78, 5) is 0. The van der Waals surface area contributed by atoms with E-state index in [4.69, 9.17) is 14.2 Å². The molecule has 1 atom stereocenters. The number of benzene rings is 1. The molecule has 0 bridgehead atoms. The molecule has 0 radical (unpaired) electrons. The zero-order valence-corrected chi connectivity index (χ0v) is 11.7. The van der Waals surface area contributed by atoms with E-state index in [1.54, 1.807) is 6.07 Å². The van der Waals surface area contributed by atoms with Crippen molar-refractivity contribution in [1.29, 1.82) is 0 Å². The molecule has 1 heterocycles. The molecule has 1 aromatic carbocycles. The van der Waals surface area contributed by atoms with Gasteiger partial charge in [-0.3, -0.25) is 0 Å². The Bertz CT molecular complexity index is 418. The molecule has 2 rings (SSSR count). The van der Waals surface area contributed by atoms with Gasteiger partial charge in [0.15, 0.2) is 0 Å². The van der Waals surface area contributed by atoms with Crippen LogP contribution >= 0.6 is 0 Å². The lowest BCUT2D eigenvalue weighted by Crippen LogP contribution is -2.26.